The van der Waals surface area contributed by atoms with Crippen LogP contribution in [0.15, 0.2) is 0 Å². The van der Waals surface area contributed by atoms with E-state index in [9.17, 15) is 13.2 Å². The molecule has 14 heavy (non-hydrogen) atoms. The predicted molar refractivity (Wildman–Crippen MR) is 50.3 cm³/mol. The first-order valence-corrected chi connectivity index (χ1v) is 5.65. The Morgan fingerprint density at radius 2 is 2.00 bits per heavy atom. The molecule has 0 rings (SSSR count). The lowest BCUT2D eigenvalue weighted by Gasteiger charge is -2.11. The monoisotopic (exact) mass is 225 g/mol. The van der Waals surface area contributed by atoms with Crippen LogP contribution >= 0.6 is 0 Å². The molecular formula is C7H15NO5S. The Labute approximate surface area is 83.6 Å². The molecule has 0 aliphatic heterocycles. The van der Waals surface area contributed by atoms with Gasteiger partial charge in [-0.05, 0) is 6.92 Å². The molecule has 0 radical (unpaired) electrons. The topological polar surface area (TPSA) is 81.7 Å². The average molecular weight is 225 g/mol. The van der Waals surface area contributed by atoms with Gasteiger partial charge in [-0.2, -0.15) is 0 Å². The van der Waals surface area contributed by atoms with Gasteiger partial charge in [-0.1, -0.05) is 0 Å². The number of carbonyl (C=O) groups is 1. The standard InChI is InChI=1S/C7H15NO5S/c1-6(7(9)13-3)8-14(10,11)5-4-12-2/h6,8H,4-5H2,1-3H3. The lowest BCUT2D eigenvalue weighted by Crippen LogP contribution is -2.40. The molecule has 0 aromatic heterocycles. The minimum absolute atomic E-state index is 0.0865. The SMILES string of the molecule is COCCS(=O)(=O)NC(C)C(=O)OC. The van der Waals surface area contributed by atoms with Crippen LogP contribution in [0.1, 0.15) is 6.92 Å². The smallest absolute Gasteiger partial charge is 0.323 e. The van der Waals surface area contributed by atoms with Crippen LogP contribution in [0.3, 0.4) is 0 Å². The molecule has 0 aliphatic carbocycles. The van der Waals surface area contributed by atoms with Crippen molar-refractivity contribution in [2.75, 3.05) is 26.6 Å². The molecule has 0 heterocycles. The number of esters is 1. The van der Waals surface area contributed by atoms with Crippen LogP contribution in [0.2, 0.25) is 0 Å². The van der Waals surface area contributed by atoms with Crippen LogP contribution in [-0.4, -0.2) is 47.0 Å². The van der Waals surface area contributed by atoms with Crippen LogP contribution in [0.4, 0.5) is 0 Å². The van der Waals surface area contributed by atoms with Crippen molar-refractivity contribution in [3.05, 3.63) is 0 Å². The molecule has 0 saturated heterocycles. The second-order valence-corrected chi connectivity index (χ2v) is 4.55. The highest BCUT2D eigenvalue weighted by atomic mass is 32.2. The van der Waals surface area contributed by atoms with Gasteiger partial charge in [0, 0.05) is 7.11 Å². The molecule has 0 bridgehead atoms. The highest BCUT2D eigenvalue weighted by Crippen LogP contribution is 1.92. The first-order valence-electron chi connectivity index (χ1n) is 3.99. The zero-order valence-corrected chi connectivity index (χ0v) is 9.26. The Morgan fingerprint density at radius 3 is 2.43 bits per heavy atom. The lowest BCUT2D eigenvalue weighted by molar-refractivity contribution is -0.142. The summed E-state index contributed by atoms with van der Waals surface area (Å²) in [6, 6.07) is -0.873. The maximum absolute atomic E-state index is 11.2. The number of nitrogens with one attached hydrogen (secondary N) is 1. The van der Waals surface area contributed by atoms with Crippen LogP contribution in [0, 0.1) is 0 Å². The molecule has 7 heteroatoms. The number of hydrogen-bond donors (Lipinski definition) is 1. The van der Waals surface area contributed by atoms with Crippen molar-refractivity contribution in [3.63, 3.8) is 0 Å². The third-order valence-corrected chi connectivity index (χ3v) is 2.88. The molecule has 0 fully saturated rings. The third-order valence-electron chi connectivity index (χ3n) is 1.47. The van der Waals surface area contributed by atoms with Gasteiger partial charge in [0.25, 0.3) is 0 Å². The van der Waals surface area contributed by atoms with E-state index >= 15 is 0 Å². The molecule has 0 spiro atoms. The van der Waals surface area contributed by atoms with E-state index in [1.807, 2.05) is 0 Å². The predicted octanol–water partition coefficient (Wildman–Crippen LogP) is -0.886. The van der Waals surface area contributed by atoms with E-state index in [4.69, 9.17) is 0 Å². The number of rotatable bonds is 6. The van der Waals surface area contributed by atoms with Gasteiger partial charge < -0.3 is 9.47 Å². The number of ether oxygens (including phenoxy) is 2. The molecule has 1 unspecified atom stereocenters. The summed E-state index contributed by atoms with van der Waals surface area (Å²) in [6.45, 7) is 1.50. The number of carbonyl (C=O) groups excluding carboxylic acids is 1. The molecule has 1 atom stereocenters. The van der Waals surface area contributed by atoms with E-state index in [0.29, 0.717) is 0 Å². The van der Waals surface area contributed by atoms with Crippen molar-refractivity contribution in [3.8, 4) is 0 Å². The molecule has 84 valence electrons. The van der Waals surface area contributed by atoms with Crippen molar-refractivity contribution in [1.82, 2.24) is 4.72 Å². The minimum atomic E-state index is -3.47. The van der Waals surface area contributed by atoms with Crippen molar-refractivity contribution < 1.29 is 22.7 Å². The molecular weight excluding hydrogens is 210 g/mol. The van der Waals surface area contributed by atoms with Crippen molar-refractivity contribution in [2.45, 2.75) is 13.0 Å². The van der Waals surface area contributed by atoms with Gasteiger partial charge in [0.15, 0.2) is 0 Å². The Hall–Kier alpha value is -0.660. The van der Waals surface area contributed by atoms with E-state index in [1.165, 1.54) is 21.1 Å². The summed E-state index contributed by atoms with van der Waals surface area (Å²) >= 11 is 0. The Balaban J connectivity index is 4.15. The van der Waals surface area contributed by atoms with Gasteiger partial charge in [-0.25, -0.2) is 13.1 Å². The number of methoxy groups -OCH3 is 2. The molecule has 0 amide bonds. The molecule has 0 aliphatic rings. The Morgan fingerprint density at radius 1 is 1.43 bits per heavy atom. The maximum Gasteiger partial charge on any atom is 0.323 e. The maximum atomic E-state index is 11.2. The number of hydrogen-bond acceptors (Lipinski definition) is 5. The summed E-state index contributed by atoms with van der Waals surface area (Å²) in [5.74, 6) is -0.795. The molecule has 6 nitrogen and oxygen atoms in total. The Kier molecular flexibility index (Phi) is 5.66. The van der Waals surface area contributed by atoms with E-state index in [0.717, 1.165) is 0 Å². The van der Waals surface area contributed by atoms with Crippen LogP contribution in [0.25, 0.3) is 0 Å². The third kappa shape index (κ3) is 5.15. The molecule has 1 N–H and O–H groups in total. The summed E-state index contributed by atoms with van der Waals surface area (Å²) in [4.78, 5) is 10.9. The number of sulfonamides is 1. The lowest BCUT2D eigenvalue weighted by atomic mass is 10.4. The quantitative estimate of drug-likeness (QED) is 0.593. The zero-order valence-electron chi connectivity index (χ0n) is 8.44. The van der Waals surface area contributed by atoms with Crippen molar-refractivity contribution >= 4 is 16.0 Å². The first kappa shape index (κ1) is 13.3. The summed E-state index contributed by atoms with van der Waals surface area (Å²) in [5.41, 5.74) is 0. The van der Waals surface area contributed by atoms with Gasteiger partial charge in [0.05, 0.1) is 19.5 Å². The fourth-order valence-electron chi connectivity index (χ4n) is 0.746. The average Bonchev–Trinajstić information content (AvgIpc) is 2.12. The highest BCUT2D eigenvalue weighted by molar-refractivity contribution is 7.89. The van der Waals surface area contributed by atoms with Crippen LogP contribution < -0.4 is 4.72 Å². The highest BCUT2D eigenvalue weighted by Gasteiger charge is 2.20. The molecule has 0 aromatic carbocycles. The largest absolute Gasteiger partial charge is 0.468 e. The minimum Gasteiger partial charge on any atom is -0.468 e. The Bertz CT molecular complexity index is 274. The fourth-order valence-corrected chi connectivity index (χ4v) is 1.89. The first-order chi connectivity index (χ1) is 6.43. The zero-order chi connectivity index (χ0) is 11.2. The van der Waals surface area contributed by atoms with E-state index in [-0.39, 0.29) is 12.4 Å². The fraction of sp³-hybridized carbons (Fsp3) is 0.857. The van der Waals surface area contributed by atoms with Gasteiger partial charge in [-0.15, -0.1) is 0 Å². The summed E-state index contributed by atoms with van der Waals surface area (Å²) < 4.78 is 33.6. The van der Waals surface area contributed by atoms with Gasteiger partial charge in [-0.3, -0.25) is 4.79 Å². The van der Waals surface area contributed by atoms with Gasteiger partial charge in [0.2, 0.25) is 10.0 Å². The summed E-state index contributed by atoms with van der Waals surface area (Å²) in [6.07, 6.45) is 0. The normalized spacial score (nSPS) is 13.6. The second kappa shape index (κ2) is 5.94. The second-order valence-electron chi connectivity index (χ2n) is 2.67. The van der Waals surface area contributed by atoms with Crippen molar-refractivity contribution in [2.24, 2.45) is 0 Å². The van der Waals surface area contributed by atoms with Crippen LogP contribution in [0.5, 0.6) is 0 Å². The molecule has 0 saturated carbocycles. The van der Waals surface area contributed by atoms with E-state index in [2.05, 4.69) is 14.2 Å². The summed E-state index contributed by atoms with van der Waals surface area (Å²) in [5, 5.41) is 0. The summed E-state index contributed by atoms with van der Waals surface area (Å²) in [7, 11) is -0.875. The van der Waals surface area contributed by atoms with Gasteiger partial charge >= 0.3 is 5.97 Å². The van der Waals surface area contributed by atoms with Crippen LogP contribution in [-0.2, 0) is 24.3 Å². The van der Waals surface area contributed by atoms with E-state index < -0.39 is 22.0 Å². The van der Waals surface area contributed by atoms with E-state index in [1.54, 1.807) is 0 Å². The molecule has 0 aromatic rings. The van der Waals surface area contributed by atoms with Crippen molar-refractivity contribution in [1.29, 1.82) is 0 Å². The van der Waals surface area contributed by atoms with Gasteiger partial charge in [0.1, 0.15) is 6.04 Å².